The number of hydrogen-bond donors (Lipinski definition) is 1. The Kier molecular flexibility index (Phi) is 3.54. The van der Waals surface area contributed by atoms with E-state index in [1.54, 1.807) is 7.11 Å². The van der Waals surface area contributed by atoms with Crippen LogP contribution in [0.1, 0.15) is 11.1 Å². The first-order valence-corrected chi connectivity index (χ1v) is 7.83. The van der Waals surface area contributed by atoms with E-state index in [0.29, 0.717) is 0 Å². The fourth-order valence-corrected chi connectivity index (χ4v) is 3.04. The lowest BCUT2D eigenvalue weighted by Gasteiger charge is -2.17. The molecule has 0 unspecified atom stereocenters. The van der Waals surface area contributed by atoms with E-state index in [0.717, 1.165) is 35.9 Å². The summed E-state index contributed by atoms with van der Waals surface area (Å²) in [5, 5.41) is 0. The highest BCUT2D eigenvalue weighted by molar-refractivity contribution is 5.66. The predicted octanol–water partition coefficient (Wildman–Crippen LogP) is 3.25. The maximum atomic E-state index is 5.96. The van der Waals surface area contributed by atoms with E-state index in [1.807, 2.05) is 30.3 Å². The van der Waals surface area contributed by atoms with Gasteiger partial charge in [0.25, 0.3) is 0 Å². The minimum Gasteiger partial charge on any atom is -0.497 e. The molecule has 0 fully saturated rings. The fraction of sp³-hybridized carbons (Fsp3) is 0.158. The Bertz CT molecular complexity index is 869. The standard InChI is InChI=1S/C19H18N4O/c1-24-16-8-4-7-13(9-16)17-10-18(22-19(20)21-17)23-11-14-5-2-3-6-15(14)12-23/h2-10H,11-12H2,1H3,(H2,20,21,22). The number of nitrogens with two attached hydrogens (primary N) is 1. The molecule has 0 radical (unpaired) electrons. The van der Waals surface area contributed by atoms with Crippen LogP contribution in [0.3, 0.4) is 0 Å². The monoisotopic (exact) mass is 318 g/mol. The van der Waals surface area contributed by atoms with Crippen molar-refractivity contribution in [2.45, 2.75) is 13.1 Å². The summed E-state index contributed by atoms with van der Waals surface area (Å²) in [6, 6.07) is 18.2. The molecule has 0 bridgehead atoms. The smallest absolute Gasteiger partial charge is 0.222 e. The number of nitrogens with zero attached hydrogens (tertiary/aromatic N) is 3. The Morgan fingerprint density at radius 3 is 2.42 bits per heavy atom. The first-order chi connectivity index (χ1) is 11.7. The van der Waals surface area contributed by atoms with Gasteiger partial charge in [-0.05, 0) is 23.3 Å². The summed E-state index contributed by atoms with van der Waals surface area (Å²) in [6.07, 6.45) is 0. The van der Waals surface area contributed by atoms with Crippen molar-refractivity contribution in [1.82, 2.24) is 9.97 Å². The van der Waals surface area contributed by atoms with E-state index >= 15 is 0 Å². The first-order valence-electron chi connectivity index (χ1n) is 7.83. The zero-order chi connectivity index (χ0) is 16.5. The summed E-state index contributed by atoms with van der Waals surface area (Å²) in [4.78, 5) is 11.0. The molecule has 5 nitrogen and oxygen atoms in total. The Morgan fingerprint density at radius 2 is 1.71 bits per heavy atom. The molecule has 0 spiro atoms. The van der Waals surface area contributed by atoms with Gasteiger partial charge in [0, 0.05) is 24.7 Å². The SMILES string of the molecule is COc1cccc(-c2cc(N3Cc4ccccc4C3)nc(N)n2)c1. The summed E-state index contributed by atoms with van der Waals surface area (Å²) in [7, 11) is 1.65. The molecule has 0 amide bonds. The van der Waals surface area contributed by atoms with Crippen molar-refractivity contribution in [3.8, 4) is 17.0 Å². The molecule has 2 heterocycles. The average Bonchev–Trinajstić information content (AvgIpc) is 3.05. The lowest BCUT2D eigenvalue weighted by Crippen LogP contribution is -2.17. The third-order valence-corrected chi connectivity index (χ3v) is 4.26. The van der Waals surface area contributed by atoms with E-state index in [4.69, 9.17) is 10.5 Å². The Labute approximate surface area is 140 Å². The minimum absolute atomic E-state index is 0.279. The van der Waals surface area contributed by atoms with Gasteiger partial charge in [-0.2, -0.15) is 4.98 Å². The van der Waals surface area contributed by atoms with Gasteiger partial charge < -0.3 is 15.4 Å². The van der Waals surface area contributed by atoms with E-state index in [9.17, 15) is 0 Å². The Morgan fingerprint density at radius 1 is 0.958 bits per heavy atom. The normalized spacial score (nSPS) is 13.0. The molecule has 5 heteroatoms. The van der Waals surface area contributed by atoms with Gasteiger partial charge >= 0.3 is 0 Å². The zero-order valence-corrected chi connectivity index (χ0v) is 13.4. The number of hydrogen-bond acceptors (Lipinski definition) is 5. The molecule has 3 aromatic rings. The number of ether oxygens (including phenoxy) is 1. The third-order valence-electron chi connectivity index (χ3n) is 4.26. The summed E-state index contributed by atoms with van der Waals surface area (Å²) in [5.41, 5.74) is 10.4. The van der Waals surface area contributed by atoms with Crippen LogP contribution in [-0.2, 0) is 13.1 Å². The molecule has 4 rings (SSSR count). The van der Waals surface area contributed by atoms with Gasteiger partial charge in [-0.3, -0.25) is 0 Å². The maximum absolute atomic E-state index is 5.96. The van der Waals surface area contributed by atoms with Gasteiger partial charge in [-0.15, -0.1) is 0 Å². The lowest BCUT2D eigenvalue weighted by atomic mass is 10.1. The fourth-order valence-electron chi connectivity index (χ4n) is 3.04. The van der Waals surface area contributed by atoms with Crippen LogP contribution in [0, 0.1) is 0 Å². The van der Waals surface area contributed by atoms with Gasteiger partial charge in [-0.1, -0.05) is 36.4 Å². The molecule has 1 aliphatic rings. The largest absolute Gasteiger partial charge is 0.497 e. The van der Waals surface area contributed by atoms with Crippen LogP contribution < -0.4 is 15.4 Å². The van der Waals surface area contributed by atoms with Crippen LogP contribution in [0.2, 0.25) is 0 Å². The van der Waals surface area contributed by atoms with Crippen molar-refractivity contribution in [1.29, 1.82) is 0 Å². The highest BCUT2D eigenvalue weighted by Gasteiger charge is 2.20. The van der Waals surface area contributed by atoms with Crippen molar-refractivity contribution in [3.05, 3.63) is 65.7 Å². The number of fused-ring (bicyclic) bond motifs is 1. The van der Waals surface area contributed by atoms with Crippen molar-refractivity contribution >= 4 is 11.8 Å². The van der Waals surface area contributed by atoms with Crippen molar-refractivity contribution < 1.29 is 4.74 Å². The topological polar surface area (TPSA) is 64.3 Å². The van der Waals surface area contributed by atoms with Crippen molar-refractivity contribution in [3.63, 3.8) is 0 Å². The van der Waals surface area contributed by atoms with Crippen LogP contribution >= 0.6 is 0 Å². The van der Waals surface area contributed by atoms with Crippen molar-refractivity contribution in [2.24, 2.45) is 0 Å². The van der Waals surface area contributed by atoms with Gasteiger partial charge in [-0.25, -0.2) is 4.98 Å². The number of anilines is 2. The summed E-state index contributed by atoms with van der Waals surface area (Å²) in [5.74, 6) is 1.91. The quantitative estimate of drug-likeness (QED) is 0.803. The molecule has 0 atom stereocenters. The third kappa shape index (κ3) is 2.65. The summed E-state index contributed by atoms with van der Waals surface area (Å²) in [6.45, 7) is 1.67. The number of benzene rings is 2. The van der Waals surface area contributed by atoms with Gasteiger partial charge in [0.2, 0.25) is 5.95 Å². The second-order valence-electron chi connectivity index (χ2n) is 5.83. The number of methoxy groups -OCH3 is 1. The van der Waals surface area contributed by atoms with E-state index in [-0.39, 0.29) is 5.95 Å². The first kappa shape index (κ1) is 14.5. The second-order valence-corrected chi connectivity index (χ2v) is 5.83. The van der Waals surface area contributed by atoms with E-state index < -0.39 is 0 Å². The summed E-state index contributed by atoms with van der Waals surface area (Å²) >= 11 is 0. The van der Waals surface area contributed by atoms with Crippen LogP contribution in [0.4, 0.5) is 11.8 Å². The molecule has 1 aliphatic heterocycles. The zero-order valence-electron chi connectivity index (χ0n) is 13.4. The minimum atomic E-state index is 0.279. The molecule has 120 valence electrons. The highest BCUT2D eigenvalue weighted by atomic mass is 16.5. The number of aromatic nitrogens is 2. The van der Waals surface area contributed by atoms with Crippen LogP contribution in [0.15, 0.2) is 54.6 Å². The van der Waals surface area contributed by atoms with E-state index in [2.05, 4.69) is 39.1 Å². The molecule has 0 saturated carbocycles. The maximum Gasteiger partial charge on any atom is 0.222 e. The predicted molar refractivity (Wildman–Crippen MR) is 94.8 cm³/mol. The molecule has 0 aliphatic carbocycles. The molecule has 2 aromatic carbocycles. The summed E-state index contributed by atoms with van der Waals surface area (Å²) < 4.78 is 5.29. The Balaban J connectivity index is 1.70. The molecular weight excluding hydrogens is 300 g/mol. The second kappa shape index (κ2) is 5.85. The van der Waals surface area contributed by atoms with Gasteiger partial charge in [0.1, 0.15) is 11.6 Å². The van der Waals surface area contributed by atoms with Crippen LogP contribution in [-0.4, -0.2) is 17.1 Å². The molecule has 0 saturated heterocycles. The highest BCUT2D eigenvalue weighted by Crippen LogP contribution is 2.30. The van der Waals surface area contributed by atoms with E-state index in [1.165, 1.54) is 11.1 Å². The Hall–Kier alpha value is -3.08. The lowest BCUT2D eigenvalue weighted by molar-refractivity contribution is 0.415. The number of nitrogen functional groups attached to an aromatic ring is 1. The van der Waals surface area contributed by atoms with Crippen LogP contribution in [0.25, 0.3) is 11.3 Å². The van der Waals surface area contributed by atoms with Crippen LogP contribution in [0.5, 0.6) is 5.75 Å². The van der Waals surface area contributed by atoms with Gasteiger partial charge in [0.05, 0.1) is 12.8 Å². The van der Waals surface area contributed by atoms with Crippen molar-refractivity contribution in [2.75, 3.05) is 17.7 Å². The molecule has 1 aromatic heterocycles. The molecular formula is C19H18N4O. The number of rotatable bonds is 3. The van der Waals surface area contributed by atoms with Gasteiger partial charge in [0.15, 0.2) is 0 Å². The molecule has 24 heavy (non-hydrogen) atoms. The average molecular weight is 318 g/mol. The molecule has 2 N–H and O–H groups in total.